The first-order chi connectivity index (χ1) is 5.34. The molecule has 1 rings (SSSR count). The maximum absolute atomic E-state index is 4.53. The SMILES string of the molecule is Cn1nc(C(C)(C)C)c([AsH2])c1[AsH2]. The first-order valence-corrected chi connectivity index (χ1v) is 6.34. The van der Waals surface area contributed by atoms with Crippen molar-refractivity contribution in [3.05, 3.63) is 5.69 Å². The zero-order valence-corrected chi connectivity index (χ0v) is 12.9. The van der Waals surface area contributed by atoms with Crippen LogP contribution in [-0.2, 0) is 12.5 Å². The second-order valence-corrected chi connectivity index (χ2v) is 6.38. The first-order valence-electron chi connectivity index (χ1n) is 3.92. The number of aryl methyl sites for hydroxylation is 1. The molecule has 2 nitrogen and oxygen atoms in total. The van der Waals surface area contributed by atoms with Gasteiger partial charge in [0, 0.05) is 0 Å². The maximum atomic E-state index is 4.53. The van der Waals surface area contributed by atoms with Crippen molar-refractivity contribution < 1.29 is 0 Å². The van der Waals surface area contributed by atoms with Gasteiger partial charge in [-0.2, -0.15) is 0 Å². The summed E-state index contributed by atoms with van der Waals surface area (Å²) in [7, 11) is 2.02. The molecule has 0 aliphatic heterocycles. The van der Waals surface area contributed by atoms with Gasteiger partial charge in [0.15, 0.2) is 0 Å². The minimum absolute atomic E-state index is 0.188. The summed E-state index contributed by atoms with van der Waals surface area (Å²) in [5.74, 6) is 0. The van der Waals surface area contributed by atoms with Gasteiger partial charge < -0.3 is 0 Å². The summed E-state index contributed by atoms with van der Waals surface area (Å²) in [6.45, 7) is 6.64. The van der Waals surface area contributed by atoms with Gasteiger partial charge in [0.2, 0.25) is 0 Å². The molecule has 1 heterocycles. The molecular formula is C8H16As2N2. The van der Waals surface area contributed by atoms with Crippen LogP contribution in [0, 0.1) is 0 Å². The summed E-state index contributed by atoms with van der Waals surface area (Å²) in [4.78, 5) is 0. The third-order valence-corrected chi connectivity index (χ3v) is 5.94. The minimum atomic E-state index is 0.188. The van der Waals surface area contributed by atoms with Gasteiger partial charge in [-0.15, -0.1) is 0 Å². The van der Waals surface area contributed by atoms with E-state index in [-0.39, 0.29) is 5.41 Å². The van der Waals surface area contributed by atoms with Crippen molar-refractivity contribution in [1.29, 1.82) is 0 Å². The van der Waals surface area contributed by atoms with Gasteiger partial charge in [-0.25, -0.2) is 0 Å². The van der Waals surface area contributed by atoms with Crippen LogP contribution < -0.4 is 8.83 Å². The molecule has 0 aliphatic rings. The van der Waals surface area contributed by atoms with E-state index >= 15 is 0 Å². The van der Waals surface area contributed by atoms with E-state index < -0.39 is 0 Å². The molecule has 68 valence electrons. The Kier molecular flexibility index (Phi) is 2.80. The third kappa shape index (κ3) is 1.80. The predicted molar refractivity (Wildman–Crippen MR) is 58.3 cm³/mol. The monoisotopic (exact) mass is 290 g/mol. The average Bonchev–Trinajstić information content (AvgIpc) is 2.15. The summed E-state index contributed by atoms with van der Waals surface area (Å²) in [6, 6.07) is 0. The zero-order valence-electron chi connectivity index (χ0n) is 8.05. The Bertz CT molecular complexity index is 297. The van der Waals surface area contributed by atoms with Crippen LogP contribution in [0.4, 0.5) is 0 Å². The van der Waals surface area contributed by atoms with E-state index in [1.165, 1.54) is 14.5 Å². The summed E-state index contributed by atoms with van der Waals surface area (Å²) >= 11 is 3.35. The van der Waals surface area contributed by atoms with Crippen LogP contribution in [0.3, 0.4) is 0 Å². The molecule has 0 aliphatic carbocycles. The van der Waals surface area contributed by atoms with Crippen LogP contribution in [0.1, 0.15) is 26.5 Å². The standard InChI is InChI=1S/C8H16As2N2/c1-8(2,3)6-5(9)7(10)12(4)11-6/h9-10H2,1-4H3. The number of hydrogen-bond acceptors (Lipinski definition) is 1. The fraction of sp³-hybridized carbons (Fsp3) is 0.625. The molecule has 0 saturated carbocycles. The van der Waals surface area contributed by atoms with Crippen molar-refractivity contribution in [3.8, 4) is 0 Å². The molecule has 0 amide bonds. The van der Waals surface area contributed by atoms with Gasteiger partial charge >= 0.3 is 91.2 Å². The second-order valence-electron chi connectivity index (χ2n) is 4.02. The molecule has 0 spiro atoms. The van der Waals surface area contributed by atoms with E-state index in [0.717, 1.165) is 0 Å². The normalized spacial score (nSPS) is 12.2. The summed E-state index contributed by atoms with van der Waals surface area (Å²) in [6.07, 6.45) is 0. The molecule has 1 aromatic rings. The Hall–Kier alpha value is 0.327. The van der Waals surface area contributed by atoms with Gasteiger partial charge in [-0.05, 0) is 0 Å². The van der Waals surface area contributed by atoms with Crippen molar-refractivity contribution in [1.82, 2.24) is 9.78 Å². The Morgan fingerprint density at radius 3 is 1.92 bits per heavy atom. The van der Waals surface area contributed by atoms with Gasteiger partial charge in [-0.1, -0.05) is 0 Å². The third-order valence-electron chi connectivity index (χ3n) is 1.84. The topological polar surface area (TPSA) is 17.8 Å². The molecule has 0 fully saturated rings. The van der Waals surface area contributed by atoms with Crippen molar-refractivity contribution in [2.45, 2.75) is 26.2 Å². The molecule has 0 saturated heterocycles. The molecule has 1 aromatic heterocycles. The molecule has 2 atom stereocenters. The Balaban J connectivity index is 3.28. The Morgan fingerprint density at radius 1 is 1.25 bits per heavy atom. The van der Waals surface area contributed by atoms with E-state index in [4.69, 9.17) is 0 Å². The molecule has 0 bridgehead atoms. The fourth-order valence-corrected chi connectivity index (χ4v) is 2.94. The van der Waals surface area contributed by atoms with Crippen molar-refractivity contribution in [2.75, 3.05) is 0 Å². The number of aromatic nitrogens is 2. The van der Waals surface area contributed by atoms with Crippen molar-refractivity contribution >= 4 is 42.5 Å². The van der Waals surface area contributed by atoms with Gasteiger partial charge in [0.1, 0.15) is 0 Å². The van der Waals surface area contributed by atoms with E-state index in [1.54, 1.807) is 33.7 Å². The summed E-state index contributed by atoms with van der Waals surface area (Å²) < 4.78 is 4.77. The Labute approximate surface area is 91.1 Å². The van der Waals surface area contributed by atoms with Crippen molar-refractivity contribution in [2.24, 2.45) is 7.05 Å². The quantitative estimate of drug-likeness (QED) is 0.517. The Morgan fingerprint density at radius 2 is 1.75 bits per heavy atom. The number of hydrogen-bond donors (Lipinski definition) is 0. The molecule has 0 aromatic carbocycles. The van der Waals surface area contributed by atoms with Crippen LogP contribution >= 0.6 is 0 Å². The van der Waals surface area contributed by atoms with E-state index in [0.29, 0.717) is 0 Å². The van der Waals surface area contributed by atoms with Gasteiger partial charge in [0.05, 0.1) is 0 Å². The molecule has 2 unspecified atom stereocenters. The number of rotatable bonds is 0. The van der Waals surface area contributed by atoms with Crippen molar-refractivity contribution in [3.63, 3.8) is 0 Å². The first kappa shape index (κ1) is 10.4. The van der Waals surface area contributed by atoms with Crippen LogP contribution in [0.15, 0.2) is 0 Å². The zero-order chi connectivity index (χ0) is 9.52. The summed E-state index contributed by atoms with van der Waals surface area (Å²) in [5.41, 5.74) is 1.44. The molecule has 0 radical (unpaired) electrons. The van der Waals surface area contributed by atoms with Crippen LogP contribution in [0.5, 0.6) is 0 Å². The van der Waals surface area contributed by atoms with E-state index in [2.05, 4.69) is 25.9 Å². The van der Waals surface area contributed by atoms with E-state index in [9.17, 15) is 0 Å². The number of nitrogens with zero attached hydrogens (tertiary/aromatic N) is 2. The molecular weight excluding hydrogens is 274 g/mol. The van der Waals surface area contributed by atoms with Crippen LogP contribution in [-0.4, -0.2) is 43.5 Å². The van der Waals surface area contributed by atoms with E-state index in [1.807, 2.05) is 11.7 Å². The fourth-order valence-electron chi connectivity index (χ4n) is 1.11. The van der Waals surface area contributed by atoms with Gasteiger partial charge in [-0.3, -0.25) is 0 Å². The molecule has 0 N–H and O–H groups in total. The molecule has 12 heavy (non-hydrogen) atoms. The van der Waals surface area contributed by atoms with Gasteiger partial charge in [0.25, 0.3) is 0 Å². The summed E-state index contributed by atoms with van der Waals surface area (Å²) in [5, 5.41) is 4.53. The van der Waals surface area contributed by atoms with Crippen LogP contribution in [0.25, 0.3) is 0 Å². The second kappa shape index (κ2) is 3.23. The predicted octanol–water partition coefficient (Wildman–Crippen LogP) is -1.77. The average molecular weight is 290 g/mol. The van der Waals surface area contributed by atoms with Crippen LogP contribution in [0.2, 0.25) is 0 Å². The molecule has 4 heteroatoms.